The van der Waals surface area contributed by atoms with Gasteiger partial charge in [0.25, 0.3) is 0 Å². The van der Waals surface area contributed by atoms with Crippen molar-refractivity contribution in [2.75, 3.05) is 13.2 Å². The molecule has 11 nitrogen and oxygen atoms in total. The Morgan fingerprint density at radius 3 is 2.65 bits per heavy atom. The summed E-state index contributed by atoms with van der Waals surface area (Å²) in [6.45, 7) is 5.28. The highest BCUT2D eigenvalue weighted by Gasteiger charge is 2.43. The highest BCUT2D eigenvalue weighted by Crippen LogP contribution is 2.43. The summed E-state index contributed by atoms with van der Waals surface area (Å²) in [7, 11) is 3.12. The Bertz CT molecular complexity index is 1090. The van der Waals surface area contributed by atoms with Gasteiger partial charge >= 0.3 is 5.97 Å². The molecule has 0 aromatic heterocycles. The molecule has 3 aliphatic heterocycles. The van der Waals surface area contributed by atoms with E-state index < -0.39 is 48.1 Å². The first-order valence-electron chi connectivity index (χ1n) is 14.8. The lowest BCUT2D eigenvalue weighted by molar-refractivity contribution is -0.165. The molecule has 3 aliphatic rings. The molecule has 8 atom stereocenters. The van der Waals surface area contributed by atoms with Gasteiger partial charge in [0.2, 0.25) is 11.8 Å². The third kappa shape index (κ3) is 10.5. The normalized spacial score (nSPS) is 27.8. The van der Waals surface area contributed by atoms with Crippen molar-refractivity contribution in [3.05, 3.63) is 34.9 Å². The maximum absolute atomic E-state index is 12.6. The topological polar surface area (TPSA) is 171 Å². The minimum atomic E-state index is -1.53. The number of rotatable bonds is 16. The number of fused-ring (bicyclic) bond motifs is 1. The average Bonchev–Trinajstić information content (AvgIpc) is 3.53. The number of ketones is 1. The van der Waals surface area contributed by atoms with Crippen LogP contribution in [-0.4, -0.2) is 87.8 Å². The van der Waals surface area contributed by atoms with Crippen molar-refractivity contribution in [3.8, 4) is 0 Å². The number of carbonyl (C=O) groups is 4. The molecule has 13 heteroatoms. The van der Waals surface area contributed by atoms with Crippen LogP contribution in [0.25, 0.3) is 0 Å². The standard InChI is InChI=1S/C30H44N2O9S2/c1-17(19(3)33)10-9-11-20-15-41-28(27(38)26(20)37)25(36)18(2)14-23(35)40-13-8-6-4-5-7-12-22(34)32-24-29-21(16-42-43-29)31-30(24)39/h9-10,14,16-17,19-20,24-25,27-29,33,36,38H,4-8,11-13,15H2,1-3H3,(H,31,39)(H,32,34)/b10-9+,18-14+/t17-,19+,20-,24?,25-,27-,28+,29?/m1/s1. The highest BCUT2D eigenvalue weighted by molar-refractivity contribution is 8.78. The lowest BCUT2D eigenvalue weighted by Gasteiger charge is -2.34. The minimum Gasteiger partial charge on any atom is -0.463 e. The van der Waals surface area contributed by atoms with E-state index in [1.54, 1.807) is 34.6 Å². The van der Waals surface area contributed by atoms with Crippen molar-refractivity contribution in [2.45, 2.75) is 101 Å². The first-order chi connectivity index (χ1) is 20.5. The Morgan fingerprint density at radius 1 is 1.19 bits per heavy atom. The van der Waals surface area contributed by atoms with Crippen LogP contribution in [0.1, 0.15) is 65.7 Å². The van der Waals surface area contributed by atoms with Gasteiger partial charge in [-0.2, -0.15) is 0 Å². The van der Waals surface area contributed by atoms with Gasteiger partial charge in [0.1, 0.15) is 24.4 Å². The fourth-order valence-corrected chi connectivity index (χ4v) is 7.46. The van der Waals surface area contributed by atoms with Crippen molar-refractivity contribution in [2.24, 2.45) is 11.8 Å². The molecule has 0 saturated carbocycles. The molecular weight excluding hydrogens is 596 g/mol. The van der Waals surface area contributed by atoms with Crippen LogP contribution in [0.5, 0.6) is 0 Å². The SMILES string of the molecule is C/C(=C\C(=O)OCCCCCCCC(=O)NC1C(=O)NC2=CSSC21)[C@@H](O)[C@@H]1OC[C@@H](C/C=C/[C@@H](C)[C@H](C)O)C(=O)[C@H]1O. The van der Waals surface area contributed by atoms with Gasteiger partial charge in [-0.05, 0) is 44.6 Å². The van der Waals surface area contributed by atoms with Crippen LogP contribution in [0, 0.1) is 11.8 Å². The van der Waals surface area contributed by atoms with Crippen molar-refractivity contribution in [1.29, 1.82) is 0 Å². The van der Waals surface area contributed by atoms with Gasteiger partial charge in [-0.15, -0.1) is 0 Å². The number of ether oxygens (including phenoxy) is 2. The van der Waals surface area contributed by atoms with Crippen LogP contribution in [0.4, 0.5) is 0 Å². The Kier molecular flexibility index (Phi) is 14.3. The van der Waals surface area contributed by atoms with Gasteiger partial charge in [0.05, 0.1) is 24.6 Å². The Morgan fingerprint density at radius 2 is 1.91 bits per heavy atom. The number of aliphatic hydroxyl groups excluding tert-OH is 3. The lowest BCUT2D eigenvalue weighted by atomic mass is 9.87. The second-order valence-electron chi connectivity index (χ2n) is 11.3. The molecule has 2 unspecified atom stereocenters. The van der Waals surface area contributed by atoms with E-state index in [-0.39, 0.29) is 41.8 Å². The van der Waals surface area contributed by atoms with E-state index in [9.17, 15) is 34.5 Å². The zero-order valence-electron chi connectivity index (χ0n) is 24.9. The van der Waals surface area contributed by atoms with Crippen molar-refractivity contribution >= 4 is 45.2 Å². The summed E-state index contributed by atoms with van der Waals surface area (Å²) >= 11 is 0. The molecule has 0 radical (unpaired) electrons. The van der Waals surface area contributed by atoms with Crippen LogP contribution >= 0.6 is 21.6 Å². The van der Waals surface area contributed by atoms with Gasteiger partial charge in [0, 0.05) is 29.5 Å². The fourth-order valence-electron chi connectivity index (χ4n) is 4.87. The van der Waals surface area contributed by atoms with Crippen LogP contribution in [0.3, 0.4) is 0 Å². The van der Waals surface area contributed by atoms with E-state index in [1.807, 2.05) is 18.4 Å². The third-order valence-corrected chi connectivity index (χ3v) is 10.3. The first-order valence-corrected chi connectivity index (χ1v) is 17.1. The Balaban J connectivity index is 1.27. The van der Waals surface area contributed by atoms with Crippen LogP contribution in [-0.2, 0) is 28.7 Å². The summed E-state index contributed by atoms with van der Waals surface area (Å²) in [6, 6.07) is -0.522. The number of allylic oxidation sites excluding steroid dienone is 1. The number of unbranched alkanes of at least 4 members (excludes halogenated alkanes) is 4. The summed E-state index contributed by atoms with van der Waals surface area (Å²) in [5.74, 6) is -1.99. The van der Waals surface area contributed by atoms with Crippen molar-refractivity contribution in [1.82, 2.24) is 10.6 Å². The molecule has 2 saturated heterocycles. The van der Waals surface area contributed by atoms with E-state index in [1.165, 1.54) is 6.92 Å². The Labute approximate surface area is 260 Å². The summed E-state index contributed by atoms with van der Waals surface area (Å²) < 4.78 is 10.8. The molecule has 0 spiro atoms. The van der Waals surface area contributed by atoms with Crippen molar-refractivity contribution in [3.63, 3.8) is 0 Å². The van der Waals surface area contributed by atoms with Gasteiger partial charge in [0.15, 0.2) is 5.78 Å². The molecule has 3 rings (SSSR count). The Hall–Kier alpha value is -2.16. The van der Waals surface area contributed by atoms with Gasteiger partial charge < -0.3 is 35.4 Å². The van der Waals surface area contributed by atoms with E-state index >= 15 is 0 Å². The van der Waals surface area contributed by atoms with E-state index in [0.717, 1.165) is 31.0 Å². The minimum absolute atomic E-state index is 0.0302. The number of amides is 2. The number of Topliss-reactive ketones (excluding diaryl/α,β-unsaturated/α-hetero) is 1. The van der Waals surface area contributed by atoms with E-state index in [0.29, 0.717) is 25.7 Å². The quantitative estimate of drug-likeness (QED) is 0.0551. The predicted octanol–water partition coefficient (Wildman–Crippen LogP) is 2.31. The smallest absolute Gasteiger partial charge is 0.330 e. The maximum atomic E-state index is 12.6. The van der Waals surface area contributed by atoms with Crippen LogP contribution in [0.2, 0.25) is 0 Å². The van der Waals surface area contributed by atoms with Crippen LogP contribution in [0.15, 0.2) is 34.9 Å². The molecule has 0 aliphatic carbocycles. The molecule has 0 bridgehead atoms. The number of nitrogens with one attached hydrogen (secondary N) is 2. The van der Waals surface area contributed by atoms with Crippen LogP contribution < -0.4 is 10.6 Å². The predicted molar refractivity (Wildman–Crippen MR) is 164 cm³/mol. The fraction of sp³-hybridized carbons (Fsp3) is 0.667. The molecular formula is C30H44N2O9S2. The lowest BCUT2D eigenvalue weighted by Crippen LogP contribution is -2.52. The molecule has 2 fully saturated rings. The second-order valence-corrected chi connectivity index (χ2v) is 13.6. The number of carbonyl (C=O) groups excluding carboxylic acids is 4. The van der Waals surface area contributed by atoms with Crippen molar-refractivity contribution < 1.29 is 44.0 Å². The van der Waals surface area contributed by atoms with E-state index in [4.69, 9.17) is 9.47 Å². The van der Waals surface area contributed by atoms with Gasteiger partial charge in [-0.25, -0.2) is 4.79 Å². The number of hydrogen-bond acceptors (Lipinski definition) is 11. The largest absolute Gasteiger partial charge is 0.463 e. The van der Waals surface area contributed by atoms with E-state index in [2.05, 4.69) is 10.6 Å². The summed E-state index contributed by atoms with van der Waals surface area (Å²) in [6.07, 6.45) is 4.73. The highest BCUT2D eigenvalue weighted by atomic mass is 33.1. The second kappa shape index (κ2) is 17.4. The number of hydrogen-bond donors (Lipinski definition) is 5. The molecule has 2 amide bonds. The van der Waals surface area contributed by atoms with Gasteiger partial charge in [-0.1, -0.05) is 59.9 Å². The molecule has 5 N–H and O–H groups in total. The monoisotopic (exact) mass is 640 g/mol. The molecule has 0 aromatic rings. The van der Waals surface area contributed by atoms with Gasteiger partial charge in [-0.3, -0.25) is 14.4 Å². The average molecular weight is 641 g/mol. The summed E-state index contributed by atoms with van der Waals surface area (Å²) in [4.78, 5) is 49.1. The molecule has 3 heterocycles. The maximum Gasteiger partial charge on any atom is 0.330 e. The summed E-state index contributed by atoms with van der Waals surface area (Å²) in [5.41, 5.74) is 1.08. The molecule has 240 valence electrons. The molecule has 43 heavy (non-hydrogen) atoms. The molecule has 0 aromatic carbocycles. The summed E-state index contributed by atoms with van der Waals surface area (Å²) in [5, 5.41) is 38.2. The third-order valence-electron chi connectivity index (χ3n) is 7.84. The zero-order valence-corrected chi connectivity index (χ0v) is 26.5. The number of esters is 1. The number of aliphatic hydroxyl groups is 3. The zero-order chi connectivity index (χ0) is 31.5. The first kappa shape index (κ1) is 35.3.